The Morgan fingerprint density at radius 2 is 1.94 bits per heavy atom. The van der Waals surface area contributed by atoms with E-state index >= 15 is 0 Å². The zero-order chi connectivity index (χ0) is 13.0. The van der Waals surface area contributed by atoms with Crippen molar-refractivity contribution in [1.29, 1.82) is 0 Å². The lowest BCUT2D eigenvalue weighted by atomic mass is 9.77. The van der Waals surface area contributed by atoms with Gasteiger partial charge >= 0.3 is 5.97 Å². The molecule has 1 aliphatic rings. The molecule has 1 saturated carbocycles. The van der Waals surface area contributed by atoms with Crippen molar-refractivity contribution < 1.29 is 9.90 Å². The third-order valence-corrected chi connectivity index (χ3v) is 4.24. The Balaban J connectivity index is 2.11. The lowest BCUT2D eigenvalue weighted by Gasteiger charge is -2.27. The van der Waals surface area contributed by atoms with Crippen LogP contribution in [0.4, 0.5) is 0 Å². The molecular weight excluding hydrogens is 224 g/mol. The molecule has 0 amide bonds. The molecule has 1 atom stereocenters. The van der Waals surface area contributed by atoms with Crippen molar-refractivity contribution in [2.45, 2.75) is 45.4 Å². The average Bonchev–Trinajstić information content (AvgIpc) is 2.38. The SMILES string of the molecule is Cc1ccccc1CC(C(=O)O)C1CCCCC1. The van der Waals surface area contributed by atoms with Crippen molar-refractivity contribution in [3.63, 3.8) is 0 Å². The van der Waals surface area contributed by atoms with Gasteiger partial charge in [0.2, 0.25) is 0 Å². The summed E-state index contributed by atoms with van der Waals surface area (Å²) >= 11 is 0. The summed E-state index contributed by atoms with van der Waals surface area (Å²) in [5, 5.41) is 9.48. The fourth-order valence-corrected chi connectivity index (χ4v) is 3.07. The van der Waals surface area contributed by atoms with E-state index in [0.717, 1.165) is 12.8 Å². The highest BCUT2D eigenvalue weighted by Crippen LogP contribution is 2.32. The van der Waals surface area contributed by atoms with E-state index in [4.69, 9.17) is 0 Å². The van der Waals surface area contributed by atoms with Crippen LogP contribution in [-0.4, -0.2) is 11.1 Å². The normalized spacial score (nSPS) is 18.5. The monoisotopic (exact) mass is 246 g/mol. The molecule has 0 spiro atoms. The maximum atomic E-state index is 11.5. The van der Waals surface area contributed by atoms with Crippen LogP contribution >= 0.6 is 0 Å². The van der Waals surface area contributed by atoms with E-state index in [1.54, 1.807) is 0 Å². The number of rotatable bonds is 4. The van der Waals surface area contributed by atoms with E-state index in [1.807, 2.05) is 12.1 Å². The summed E-state index contributed by atoms with van der Waals surface area (Å²) in [7, 11) is 0. The molecule has 0 heterocycles. The molecule has 1 unspecified atom stereocenters. The molecule has 0 aliphatic heterocycles. The first-order valence-corrected chi connectivity index (χ1v) is 6.96. The minimum atomic E-state index is -0.620. The molecule has 1 fully saturated rings. The van der Waals surface area contributed by atoms with Gasteiger partial charge in [0, 0.05) is 0 Å². The van der Waals surface area contributed by atoms with Gasteiger partial charge in [-0.2, -0.15) is 0 Å². The van der Waals surface area contributed by atoms with Crippen LogP contribution in [0.5, 0.6) is 0 Å². The third kappa shape index (κ3) is 3.12. The molecule has 0 radical (unpaired) electrons. The van der Waals surface area contributed by atoms with E-state index < -0.39 is 5.97 Å². The molecule has 0 bridgehead atoms. The van der Waals surface area contributed by atoms with Crippen LogP contribution in [0, 0.1) is 18.8 Å². The Morgan fingerprint density at radius 3 is 2.56 bits per heavy atom. The minimum Gasteiger partial charge on any atom is -0.481 e. The highest BCUT2D eigenvalue weighted by atomic mass is 16.4. The van der Waals surface area contributed by atoms with Crippen LogP contribution in [0.15, 0.2) is 24.3 Å². The first-order valence-electron chi connectivity index (χ1n) is 6.96. The fraction of sp³-hybridized carbons (Fsp3) is 0.562. The van der Waals surface area contributed by atoms with Crippen LogP contribution < -0.4 is 0 Å². The second kappa shape index (κ2) is 6.03. The highest BCUT2D eigenvalue weighted by molar-refractivity contribution is 5.71. The smallest absolute Gasteiger partial charge is 0.307 e. The molecule has 1 aromatic rings. The van der Waals surface area contributed by atoms with Gasteiger partial charge in [0.15, 0.2) is 0 Å². The van der Waals surface area contributed by atoms with Crippen molar-refractivity contribution in [2.75, 3.05) is 0 Å². The van der Waals surface area contributed by atoms with Gasteiger partial charge in [0.05, 0.1) is 5.92 Å². The number of hydrogen-bond acceptors (Lipinski definition) is 1. The summed E-state index contributed by atoms with van der Waals surface area (Å²) in [6.07, 6.45) is 6.52. The van der Waals surface area contributed by atoms with Gasteiger partial charge in [-0.25, -0.2) is 0 Å². The van der Waals surface area contributed by atoms with E-state index in [2.05, 4.69) is 19.1 Å². The minimum absolute atomic E-state index is 0.202. The van der Waals surface area contributed by atoms with Crippen LogP contribution in [0.2, 0.25) is 0 Å². The number of hydrogen-bond donors (Lipinski definition) is 1. The van der Waals surface area contributed by atoms with Gasteiger partial charge in [0.25, 0.3) is 0 Å². The molecule has 1 aliphatic carbocycles. The largest absolute Gasteiger partial charge is 0.481 e. The summed E-state index contributed by atoms with van der Waals surface area (Å²) in [6, 6.07) is 8.14. The fourth-order valence-electron chi connectivity index (χ4n) is 3.07. The molecule has 98 valence electrons. The van der Waals surface area contributed by atoms with E-state index in [9.17, 15) is 9.90 Å². The number of carboxylic acid groups (broad SMARTS) is 1. The Kier molecular flexibility index (Phi) is 4.40. The molecular formula is C16H22O2. The summed E-state index contributed by atoms with van der Waals surface area (Å²) in [6.45, 7) is 2.06. The molecule has 2 nitrogen and oxygen atoms in total. The van der Waals surface area contributed by atoms with E-state index in [-0.39, 0.29) is 5.92 Å². The van der Waals surface area contributed by atoms with Crippen molar-refractivity contribution in [3.05, 3.63) is 35.4 Å². The molecule has 2 rings (SSSR count). The summed E-state index contributed by atoms with van der Waals surface area (Å²) in [5.41, 5.74) is 2.40. The Labute approximate surface area is 109 Å². The molecule has 1 N–H and O–H groups in total. The van der Waals surface area contributed by atoms with Gasteiger partial charge in [-0.1, -0.05) is 43.5 Å². The maximum Gasteiger partial charge on any atom is 0.307 e. The number of aliphatic carboxylic acids is 1. The molecule has 2 heteroatoms. The first kappa shape index (κ1) is 13.1. The van der Waals surface area contributed by atoms with Gasteiger partial charge in [0.1, 0.15) is 0 Å². The topological polar surface area (TPSA) is 37.3 Å². The summed E-state index contributed by atoms with van der Waals surface area (Å²) < 4.78 is 0. The van der Waals surface area contributed by atoms with Gasteiger partial charge < -0.3 is 5.11 Å². The molecule has 0 saturated heterocycles. The number of carbonyl (C=O) groups is 1. The number of aryl methyl sites for hydroxylation is 1. The molecule has 1 aromatic carbocycles. The predicted octanol–water partition coefficient (Wildman–Crippen LogP) is 3.82. The van der Waals surface area contributed by atoms with Crippen molar-refractivity contribution >= 4 is 5.97 Å². The van der Waals surface area contributed by atoms with E-state index in [1.165, 1.54) is 30.4 Å². The van der Waals surface area contributed by atoms with Crippen molar-refractivity contribution in [1.82, 2.24) is 0 Å². The predicted molar refractivity (Wildman–Crippen MR) is 72.6 cm³/mol. The van der Waals surface area contributed by atoms with Crippen molar-refractivity contribution in [2.24, 2.45) is 11.8 Å². The number of benzene rings is 1. The first-order chi connectivity index (χ1) is 8.68. The molecule has 18 heavy (non-hydrogen) atoms. The second-order valence-electron chi connectivity index (χ2n) is 5.47. The summed E-state index contributed by atoms with van der Waals surface area (Å²) in [4.78, 5) is 11.5. The lowest BCUT2D eigenvalue weighted by molar-refractivity contribution is -0.144. The standard InChI is InChI=1S/C16H22O2/c1-12-7-5-6-10-14(12)11-15(16(17)18)13-8-3-2-4-9-13/h5-7,10,13,15H,2-4,8-9,11H2,1H3,(H,17,18). The third-order valence-electron chi connectivity index (χ3n) is 4.24. The molecule has 0 aromatic heterocycles. The van der Waals surface area contributed by atoms with E-state index in [0.29, 0.717) is 12.3 Å². The second-order valence-corrected chi connectivity index (χ2v) is 5.47. The van der Waals surface area contributed by atoms with Crippen molar-refractivity contribution in [3.8, 4) is 0 Å². The number of carboxylic acids is 1. The van der Waals surface area contributed by atoms with Crippen LogP contribution in [0.1, 0.15) is 43.2 Å². The van der Waals surface area contributed by atoms with Crippen LogP contribution in [0.25, 0.3) is 0 Å². The Bertz CT molecular complexity index is 405. The zero-order valence-corrected chi connectivity index (χ0v) is 11.1. The highest BCUT2D eigenvalue weighted by Gasteiger charge is 2.29. The van der Waals surface area contributed by atoms with Crippen LogP contribution in [-0.2, 0) is 11.2 Å². The lowest BCUT2D eigenvalue weighted by Crippen LogP contribution is -2.27. The Morgan fingerprint density at radius 1 is 1.28 bits per heavy atom. The quantitative estimate of drug-likeness (QED) is 0.877. The van der Waals surface area contributed by atoms with Gasteiger partial charge in [-0.3, -0.25) is 4.79 Å². The van der Waals surface area contributed by atoms with Gasteiger partial charge in [-0.05, 0) is 43.2 Å². The zero-order valence-electron chi connectivity index (χ0n) is 11.1. The maximum absolute atomic E-state index is 11.5. The average molecular weight is 246 g/mol. The van der Waals surface area contributed by atoms with Gasteiger partial charge in [-0.15, -0.1) is 0 Å². The van der Waals surface area contributed by atoms with Crippen LogP contribution in [0.3, 0.4) is 0 Å². The Hall–Kier alpha value is -1.31. The summed E-state index contributed by atoms with van der Waals surface area (Å²) in [5.74, 6) is -0.451.